The zero-order valence-electron chi connectivity index (χ0n) is 8.83. The van der Waals surface area contributed by atoms with Crippen LogP contribution in [0.2, 0.25) is 0 Å². The molecule has 1 heterocycles. The Hall–Kier alpha value is -1.42. The van der Waals surface area contributed by atoms with Gasteiger partial charge in [0, 0.05) is 5.39 Å². The maximum atomic E-state index is 11.5. The Morgan fingerprint density at radius 1 is 1.40 bits per heavy atom. The third kappa shape index (κ3) is 1.61. The molecule has 0 saturated heterocycles. The normalized spacial score (nSPS) is 10.6. The van der Waals surface area contributed by atoms with Crippen LogP contribution in [-0.2, 0) is 4.74 Å². The number of aromatic nitrogens is 1. The van der Waals surface area contributed by atoms with Crippen molar-refractivity contribution >= 4 is 28.4 Å². The van der Waals surface area contributed by atoms with Crippen molar-refractivity contribution in [3.63, 3.8) is 0 Å². The molecule has 0 N–H and O–H groups in total. The first kappa shape index (κ1) is 10.1. The van der Waals surface area contributed by atoms with Crippen molar-refractivity contribution in [2.75, 3.05) is 7.11 Å². The summed E-state index contributed by atoms with van der Waals surface area (Å²) < 4.78 is 8.97. The minimum absolute atomic E-state index is 0.311. The summed E-state index contributed by atoms with van der Waals surface area (Å²) >= 11 is 1.19. The Balaban J connectivity index is 2.74. The fourth-order valence-electron chi connectivity index (χ4n) is 1.69. The third-order valence-corrected chi connectivity index (χ3v) is 3.13. The summed E-state index contributed by atoms with van der Waals surface area (Å²) in [4.78, 5) is 12.1. The molecule has 4 heteroatoms. The maximum Gasteiger partial charge on any atom is 0.350 e. The Labute approximate surface area is 91.8 Å². The second-order valence-corrected chi connectivity index (χ2v) is 4.25. The second-order valence-electron chi connectivity index (χ2n) is 3.48. The van der Waals surface area contributed by atoms with Gasteiger partial charge in [0.15, 0.2) is 0 Å². The minimum atomic E-state index is -0.311. The predicted octanol–water partition coefficient (Wildman–Crippen LogP) is 2.70. The monoisotopic (exact) mass is 221 g/mol. The number of methoxy groups -OCH3 is 1. The largest absolute Gasteiger partial charge is 0.465 e. The Morgan fingerprint density at radius 2 is 2.13 bits per heavy atom. The van der Waals surface area contributed by atoms with Crippen LogP contribution in [0.1, 0.15) is 20.8 Å². The number of carbonyl (C=O) groups excluding carboxylic acids is 1. The number of fused-ring (bicyclic) bond motifs is 1. The first-order valence-corrected chi connectivity index (χ1v) is 5.35. The number of hydrogen-bond donors (Lipinski definition) is 0. The van der Waals surface area contributed by atoms with Gasteiger partial charge in [-0.2, -0.15) is 4.37 Å². The molecule has 15 heavy (non-hydrogen) atoms. The van der Waals surface area contributed by atoms with E-state index in [9.17, 15) is 4.79 Å². The van der Waals surface area contributed by atoms with E-state index in [4.69, 9.17) is 4.74 Å². The Kier molecular flexibility index (Phi) is 2.44. The minimum Gasteiger partial charge on any atom is -0.465 e. The van der Waals surface area contributed by atoms with Crippen molar-refractivity contribution in [2.45, 2.75) is 13.8 Å². The van der Waals surface area contributed by atoms with E-state index in [1.165, 1.54) is 18.6 Å². The molecule has 2 aromatic rings. The Bertz CT molecular complexity index is 531. The number of benzene rings is 1. The number of aryl methyl sites for hydroxylation is 2. The van der Waals surface area contributed by atoms with Crippen LogP contribution >= 0.6 is 11.5 Å². The average Bonchev–Trinajstić information content (AvgIpc) is 2.60. The molecule has 78 valence electrons. The topological polar surface area (TPSA) is 39.2 Å². The summed E-state index contributed by atoms with van der Waals surface area (Å²) in [7, 11) is 1.39. The lowest BCUT2D eigenvalue weighted by Gasteiger charge is -2.00. The predicted molar refractivity (Wildman–Crippen MR) is 60.4 cm³/mol. The van der Waals surface area contributed by atoms with Crippen LogP contribution in [-0.4, -0.2) is 17.5 Å². The molecule has 2 rings (SSSR count). The van der Waals surface area contributed by atoms with Crippen LogP contribution in [0, 0.1) is 13.8 Å². The van der Waals surface area contributed by atoms with Crippen LogP contribution in [0.4, 0.5) is 0 Å². The van der Waals surface area contributed by atoms with Crippen molar-refractivity contribution in [1.29, 1.82) is 0 Å². The van der Waals surface area contributed by atoms with E-state index < -0.39 is 0 Å². The highest BCUT2D eigenvalue weighted by molar-refractivity contribution is 7.09. The number of nitrogens with zero attached hydrogens (tertiary/aromatic N) is 1. The smallest absolute Gasteiger partial charge is 0.350 e. The summed E-state index contributed by atoms with van der Waals surface area (Å²) in [5.41, 5.74) is 3.10. The fraction of sp³-hybridized carbons (Fsp3) is 0.273. The van der Waals surface area contributed by atoms with E-state index in [0.29, 0.717) is 4.88 Å². The molecule has 1 aromatic heterocycles. The van der Waals surface area contributed by atoms with Gasteiger partial charge in [0.25, 0.3) is 0 Å². The highest BCUT2D eigenvalue weighted by atomic mass is 32.1. The molecule has 3 nitrogen and oxygen atoms in total. The lowest BCUT2D eigenvalue weighted by Crippen LogP contribution is -1.99. The third-order valence-electron chi connectivity index (χ3n) is 2.29. The SMILES string of the molecule is COC(=O)c1snc2cc(C)cc(C)c12. The van der Waals surface area contributed by atoms with Gasteiger partial charge >= 0.3 is 5.97 Å². The van der Waals surface area contributed by atoms with Gasteiger partial charge in [-0.15, -0.1) is 0 Å². The van der Waals surface area contributed by atoms with Crippen LogP contribution in [0.3, 0.4) is 0 Å². The zero-order valence-corrected chi connectivity index (χ0v) is 9.64. The van der Waals surface area contributed by atoms with Gasteiger partial charge in [-0.25, -0.2) is 4.79 Å². The number of ether oxygens (including phenoxy) is 1. The molecule has 0 radical (unpaired) electrons. The van der Waals surface area contributed by atoms with E-state index in [1.807, 2.05) is 26.0 Å². The molecule has 0 unspecified atom stereocenters. The van der Waals surface area contributed by atoms with Gasteiger partial charge in [0.1, 0.15) is 4.88 Å². The van der Waals surface area contributed by atoms with Gasteiger partial charge < -0.3 is 4.74 Å². The number of carbonyl (C=O) groups is 1. The first-order valence-electron chi connectivity index (χ1n) is 4.58. The highest BCUT2D eigenvalue weighted by Gasteiger charge is 2.16. The summed E-state index contributed by atoms with van der Waals surface area (Å²) in [6.45, 7) is 4.00. The Morgan fingerprint density at radius 3 is 2.80 bits per heavy atom. The van der Waals surface area contributed by atoms with Crippen LogP contribution in [0.15, 0.2) is 12.1 Å². The van der Waals surface area contributed by atoms with Crippen molar-refractivity contribution in [3.8, 4) is 0 Å². The fourth-order valence-corrected chi connectivity index (χ4v) is 2.53. The molecular weight excluding hydrogens is 210 g/mol. The quantitative estimate of drug-likeness (QED) is 0.695. The van der Waals surface area contributed by atoms with Crippen molar-refractivity contribution in [2.24, 2.45) is 0 Å². The standard InChI is InChI=1S/C11H11NO2S/c1-6-4-7(2)9-8(5-6)12-15-10(9)11(13)14-3/h4-5H,1-3H3. The zero-order chi connectivity index (χ0) is 11.0. The molecule has 0 aliphatic rings. The van der Waals surface area contributed by atoms with Crippen LogP contribution < -0.4 is 0 Å². The maximum absolute atomic E-state index is 11.5. The number of hydrogen-bond acceptors (Lipinski definition) is 4. The lowest BCUT2D eigenvalue weighted by atomic mass is 10.1. The average molecular weight is 221 g/mol. The van der Waals surface area contributed by atoms with E-state index in [-0.39, 0.29) is 5.97 Å². The molecule has 0 fully saturated rings. The van der Waals surface area contributed by atoms with E-state index in [1.54, 1.807) is 0 Å². The summed E-state index contributed by atoms with van der Waals surface area (Å²) in [6.07, 6.45) is 0. The number of esters is 1. The molecule has 1 aromatic carbocycles. The molecule has 0 aliphatic heterocycles. The van der Waals surface area contributed by atoms with Gasteiger partial charge in [0.05, 0.1) is 12.6 Å². The van der Waals surface area contributed by atoms with Gasteiger partial charge in [-0.3, -0.25) is 0 Å². The molecule has 0 amide bonds. The summed E-state index contributed by atoms with van der Waals surface area (Å²) in [6, 6.07) is 4.02. The second kappa shape index (κ2) is 3.62. The molecule has 0 saturated carbocycles. The van der Waals surface area contributed by atoms with Crippen molar-refractivity contribution < 1.29 is 9.53 Å². The van der Waals surface area contributed by atoms with Gasteiger partial charge in [-0.05, 0) is 42.6 Å². The van der Waals surface area contributed by atoms with Crippen LogP contribution in [0.25, 0.3) is 10.9 Å². The van der Waals surface area contributed by atoms with Crippen LogP contribution in [0.5, 0.6) is 0 Å². The highest BCUT2D eigenvalue weighted by Crippen LogP contribution is 2.27. The van der Waals surface area contributed by atoms with Crippen molar-refractivity contribution in [1.82, 2.24) is 4.37 Å². The van der Waals surface area contributed by atoms with E-state index in [0.717, 1.165) is 22.0 Å². The van der Waals surface area contributed by atoms with E-state index >= 15 is 0 Å². The molecular formula is C11H11NO2S. The van der Waals surface area contributed by atoms with Crippen molar-refractivity contribution in [3.05, 3.63) is 28.1 Å². The summed E-state index contributed by atoms with van der Waals surface area (Å²) in [5.74, 6) is -0.311. The summed E-state index contributed by atoms with van der Waals surface area (Å²) in [5, 5.41) is 0.914. The molecule has 0 bridgehead atoms. The number of rotatable bonds is 1. The first-order chi connectivity index (χ1) is 7.13. The molecule has 0 spiro atoms. The molecule has 0 aliphatic carbocycles. The van der Waals surface area contributed by atoms with E-state index in [2.05, 4.69) is 4.37 Å². The van der Waals surface area contributed by atoms with Gasteiger partial charge in [0.2, 0.25) is 0 Å². The molecule has 0 atom stereocenters. The lowest BCUT2D eigenvalue weighted by molar-refractivity contribution is 0.0608. The van der Waals surface area contributed by atoms with Gasteiger partial charge in [-0.1, -0.05) is 6.07 Å².